The zero-order chi connectivity index (χ0) is 16.5. The van der Waals surface area contributed by atoms with E-state index in [1.165, 1.54) is 0 Å². The Morgan fingerprint density at radius 3 is 2.38 bits per heavy atom. The fourth-order valence-corrected chi connectivity index (χ4v) is 4.95. The van der Waals surface area contributed by atoms with Gasteiger partial charge in [0.2, 0.25) is 0 Å². The highest BCUT2D eigenvalue weighted by Gasteiger charge is 2.42. The van der Waals surface area contributed by atoms with E-state index in [1.807, 2.05) is 0 Å². The molecule has 0 saturated heterocycles. The Kier molecular flexibility index (Phi) is 5.48. The van der Waals surface area contributed by atoms with Gasteiger partial charge in [-0.15, -0.1) is 0 Å². The van der Waals surface area contributed by atoms with Crippen molar-refractivity contribution in [1.29, 1.82) is 0 Å². The smallest absolute Gasteiger partial charge is 0.321 e. The van der Waals surface area contributed by atoms with Gasteiger partial charge in [0.15, 0.2) is 9.84 Å². The van der Waals surface area contributed by atoms with Crippen molar-refractivity contribution >= 4 is 15.8 Å². The average Bonchev–Trinajstić information content (AvgIpc) is 2.24. The fourth-order valence-electron chi connectivity index (χ4n) is 2.87. The Morgan fingerprint density at radius 1 is 1.33 bits per heavy atom. The minimum atomic E-state index is -3.52. The lowest BCUT2D eigenvalue weighted by Crippen LogP contribution is -2.50. The summed E-state index contributed by atoms with van der Waals surface area (Å²) in [5, 5.41) is 2.56. The molecule has 1 saturated carbocycles. The second-order valence-corrected chi connectivity index (χ2v) is 9.95. The van der Waals surface area contributed by atoms with E-state index in [0.29, 0.717) is 6.42 Å². The van der Waals surface area contributed by atoms with Crippen LogP contribution in [0.1, 0.15) is 53.9 Å². The highest BCUT2D eigenvalue weighted by Crippen LogP contribution is 2.38. The van der Waals surface area contributed by atoms with E-state index in [0.717, 1.165) is 12.8 Å². The van der Waals surface area contributed by atoms with Crippen molar-refractivity contribution in [3.8, 4) is 0 Å². The summed E-state index contributed by atoms with van der Waals surface area (Å²) < 4.78 is 30.3. The van der Waals surface area contributed by atoms with Crippen molar-refractivity contribution in [3.63, 3.8) is 0 Å². The molecule has 0 amide bonds. The molecule has 1 aliphatic carbocycles. The van der Waals surface area contributed by atoms with E-state index in [1.54, 1.807) is 27.8 Å². The monoisotopic (exact) mass is 319 g/mol. The maximum Gasteiger partial charge on any atom is 0.321 e. The third-order valence-electron chi connectivity index (χ3n) is 3.91. The van der Waals surface area contributed by atoms with Gasteiger partial charge in [0, 0.05) is 6.04 Å². The molecule has 0 aliphatic heterocycles. The Hall–Kier alpha value is -0.620. The van der Waals surface area contributed by atoms with Crippen LogP contribution in [0.25, 0.3) is 0 Å². The van der Waals surface area contributed by atoms with Gasteiger partial charge in [0.05, 0.1) is 5.25 Å². The molecule has 2 atom stereocenters. The van der Waals surface area contributed by atoms with E-state index in [9.17, 15) is 13.2 Å². The topological polar surface area (TPSA) is 72.5 Å². The lowest BCUT2D eigenvalue weighted by atomic mass is 9.75. The highest BCUT2D eigenvalue weighted by atomic mass is 32.2. The van der Waals surface area contributed by atoms with Crippen LogP contribution < -0.4 is 5.32 Å². The molecule has 0 heterocycles. The summed E-state index contributed by atoms with van der Waals surface area (Å²) in [6.45, 7) is 9.36. The second-order valence-electron chi connectivity index (χ2n) is 7.73. The number of carbonyl (C=O) groups excluding carboxylic acids is 1. The lowest BCUT2D eigenvalue weighted by molar-refractivity contribution is -0.151. The molecule has 124 valence electrons. The molecular weight excluding hydrogens is 290 g/mol. The second kappa shape index (κ2) is 6.24. The molecule has 1 rings (SSSR count). The van der Waals surface area contributed by atoms with Gasteiger partial charge in [-0.2, -0.15) is 0 Å². The number of nitrogens with one attached hydrogen (secondary N) is 1. The first-order valence-electron chi connectivity index (χ1n) is 7.47. The van der Waals surface area contributed by atoms with Gasteiger partial charge in [-0.3, -0.25) is 4.79 Å². The van der Waals surface area contributed by atoms with Gasteiger partial charge in [-0.05, 0) is 52.5 Å². The molecule has 0 aromatic carbocycles. The number of hydrogen-bond donors (Lipinski definition) is 1. The van der Waals surface area contributed by atoms with Crippen LogP contribution in [0.2, 0.25) is 0 Å². The van der Waals surface area contributed by atoms with Crippen molar-refractivity contribution in [1.82, 2.24) is 5.32 Å². The molecule has 6 heteroatoms. The Labute approximate surface area is 128 Å². The molecule has 2 unspecified atom stereocenters. The van der Waals surface area contributed by atoms with E-state index in [4.69, 9.17) is 4.74 Å². The van der Waals surface area contributed by atoms with Crippen LogP contribution in [0, 0.1) is 5.41 Å². The summed E-state index contributed by atoms with van der Waals surface area (Å²) >= 11 is 0. The van der Waals surface area contributed by atoms with E-state index in [2.05, 4.69) is 19.2 Å². The quantitative estimate of drug-likeness (QED) is 0.801. The number of sulfone groups is 1. The van der Waals surface area contributed by atoms with Crippen molar-refractivity contribution in [2.24, 2.45) is 5.41 Å². The number of rotatable bonds is 4. The number of hydrogen-bond acceptors (Lipinski definition) is 5. The normalized spacial score (nSPS) is 26.4. The Bertz CT molecular complexity index is 476. The van der Waals surface area contributed by atoms with E-state index < -0.39 is 32.4 Å². The molecule has 1 aliphatic rings. The molecule has 0 aromatic heterocycles. The largest absolute Gasteiger partial charge is 0.459 e. The molecule has 0 aromatic rings. The molecule has 0 spiro atoms. The van der Waals surface area contributed by atoms with Crippen LogP contribution in [0.3, 0.4) is 0 Å². The van der Waals surface area contributed by atoms with Gasteiger partial charge in [0.1, 0.15) is 11.4 Å². The van der Waals surface area contributed by atoms with Crippen molar-refractivity contribution in [3.05, 3.63) is 0 Å². The summed E-state index contributed by atoms with van der Waals surface area (Å²) in [5.74, 6) is -1.20. The predicted molar refractivity (Wildman–Crippen MR) is 83.9 cm³/mol. The zero-order valence-corrected chi connectivity index (χ0v) is 14.8. The van der Waals surface area contributed by atoms with Gasteiger partial charge >= 0.3 is 5.97 Å². The van der Waals surface area contributed by atoms with Crippen molar-refractivity contribution < 1.29 is 17.9 Å². The fraction of sp³-hybridized carbons (Fsp3) is 0.933. The SMILES string of the molecule is CNC1CCC(C)(C)CC1S(=O)(=O)CC(=O)OC(C)(C)C. The Balaban J connectivity index is 2.86. The average molecular weight is 319 g/mol. The molecule has 1 fully saturated rings. The number of carbonyl (C=O) groups is 1. The first-order valence-corrected chi connectivity index (χ1v) is 9.18. The zero-order valence-electron chi connectivity index (χ0n) is 14.0. The van der Waals surface area contributed by atoms with Crippen molar-refractivity contribution in [2.45, 2.75) is 70.8 Å². The van der Waals surface area contributed by atoms with Gasteiger partial charge in [-0.25, -0.2) is 8.42 Å². The van der Waals surface area contributed by atoms with Crippen LogP contribution in [-0.4, -0.2) is 44.1 Å². The van der Waals surface area contributed by atoms with Gasteiger partial charge in [-0.1, -0.05) is 13.8 Å². The third kappa shape index (κ3) is 5.58. The van der Waals surface area contributed by atoms with Crippen molar-refractivity contribution in [2.75, 3.05) is 12.8 Å². The van der Waals surface area contributed by atoms with E-state index in [-0.39, 0.29) is 11.5 Å². The summed E-state index contributed by atoms with van der Waals surface area (Å²) in [7, 11) is -1.75. The van der Waals surface area contributed by atoms with Gasteiger partial charge in [0.25, 0.3) is 0 Å². The minimum Gasteiger partial charge on any atom is -0.459 e. The maximum atomic E-state index is 12.6. The predicted octanol–water partition coefficient (Wildman–Crippen LogP) is 1.91. The van der Waals surface area contributed by atoms with Crippen LogP contribution in [0.15, 0.2) is 0 Å². The molecule has 5 nitrogen and oxygen atoms in total. The van der Waals surface area contributed by atoms with Gasteiger partial charge < -0.3 is 10.1 Å². The first-order chi connectivity index (χ1) is 9.36. The molecule has 0 radical (unpaired) electrons. The molecule has 21 heavy (non-hydrogen) atoms. The first kappa shape index (κ1) is 18.4. The lowest BCUT2D eigenvalue weighted by Gasteiger charge is -2.40. The molecule has 0 bridgehead atoms. The summed E-state index contributed by atoms with van der Waals surface area (Å²) in [6.07, 6.45) is 2.36. The summed E-state index contributed by atoms with van der Waals surface area (Å²) in [5.41, 5.74) is -0.681. The van der Waals surface area contributed by atoms with Crippen LogP contribution in [0.5, 0.6) is 0 Å². The van der Waals surface area contributed by atoms with Crippen LogP contribution in [0.4, 0.5) is 0 Å². The van der Waals surface area contributed by atoms with E-state index >= 15 is 0 Å². The van der Waals surface area contributed by atoms with Crippen LogP contribution in [-0.2, 0) is 19.4 Å². The number of ether oxygens (including phenoxy) is 1. The summed E-state index contributed by atoms with van der Waals surface area (Å²) in [4.78, 5) is 11.9. The van der Waals surface area contributed by atoms with Crippen LogP contribution >= 0.6 is 0 Å². The Morgan fingerprint density at radius 2 is 1.90 bits per heavy atom. The molecular formula is C15H29NO4S. The molecule has 1 N–H and O–H groups in total. The standard InChI is InChI=1S/C15H29NO4S/c1-14(2,3)20-13(17)10-21(18,19)12-9-15(4,5)8-7-11(12)16-6/h11-12,16H,7-10H2,1-6H3. The number of esters is 1. The minimum absolute atomic E-state index is 0.0149. The maximum absolute atomic E-state index is 12.6. The summed E-state index contributed by atoms with van der Waals surface area (Å²) in [6, 6.07) is -0.0922. The highest BCUT2D eigenvalue weighted by molar-refractivity contribution is 7.92. The third-order valence-corrected chi connectivity index (χ3v) is 5.96.